The molecule has 4 nitrogen and oxygen atoms in total. The summed E-state index contributed by atoms with van der Waals surface area (Å²) in [5.74, 6) is 0.859. The Morgan fingerprint density at radius 3 is 2.38 bits per heavy atom. The van der Waals surface area contributed by atoms with Gasteiger partial charge in [-0.2, -0.15) is 0 Å². The number of hydrogen-bond acceptors (Lipinski definition) is 4. The minimum absolute atomic E-state index is 0.214. The van der Waals surface area contributed by atoms with Crippen molar-refractivity contribution in [1.82, 2.24) is 0 Å². The molecule has 0 spiro atoms. The van der Waals surface area contributed by atoms with Gasteiger partial charge < -0.3 is 20.3 Å². The third kappa shape index (κ3) is 2.43. The largest absolute Gasteiger partial charge is 0.496 e. The molecule has 0 saturated heterocycles. The molecule has 1 aromatic rings. The molecule has 0 heterocycles. The predicted molar refractivity (Wildman–Crippen MR) is 58.4 cm³/mol. The molecule has 0 fully saturated rings. The fourth-order valence-electron chi connectivity index (χ4n) is 1.48. The van der Waals surface area contributed by atoms with Gasteiger partial charge in [-0.3, -0.25) is 0 Å². The number of aliphatic hydroxyl groups is 1. The van der Waals surface area contributed by atoms with Gasteiger partial charge in [0.05, 0.1) is 26.9 Å². The van der Waals surface area contributed by atoms with Crippen molar-refractivity contribution in [1.29, 1.82) is 0 Å². The van der Waals surface area contributed by atoms with Crippen LogP contribution in [0.4, 0.5) is 4.39 Å². The van der Waals surface area contributed by atoms with Crippen LogP contribution in [0.1, 0.15) is 17.2 Å². The van der Waals surface area contributed by atoms with Crippen molar-refractivity contribution in [3.63, 3.8) is 0 Å². The molecule has 3 N–H and O–H groups in total. The highest BCUT2D eigenvalue weighted by molar-refractivity contribution is 5.47. The lowest BCUT2D eigenvalue weighted by Gasteiger charge is -2.16. The van der Waals surface area contributed by atoms with Crippen LogP contribution < -0.4 is 15.2 Å². The van der Waals surface area contributed by atoms with Crippen molar-refractivity contribution in [2.75, 3.05) is 20.8 Å². The average Bonchev–Trinajstić information content (AvgIpc) is 2.35. The SMILES string of the molecule is COc1cc(C(N)CO)c(OC)cc1CF. The Morgan fingerprint density at radius 2 is 1.94 bits per heavy atom. The lowest BCUT2D eigenvalue weighted by atomic mass is 10.0. The van der Waals surface area contributed by atoms with E-state index in [2.05, 4.69) is 0 Å². The first kappa shape index (κ1) is 12.7. The van der Waals surface area contributed by atoms with Crippen LogP contribution >= 0.6 is 0 Å². The highest BCUT2D eigenvalue weighted by atomic mass is 19.1. The Balaban J connectivity index is 3.25. The molecule has 16 heavy (non-hydrogen) atoms. The molecule has 1 atom stereocenters. The van der Waals surface area contributed by atoms with Gasteiger partial charge in [0.2, 0.25) is 0 Å². The number of alkyl halides is 1. The average molecular weight is 229 g/mol. The van der Waals surface area contributed by atoms with Crippen LogP contribution in [-0.4, -0.2) is 25.9 Å². The number of rotatable bonds is 5. The number of aliphatic hydroxyl groups excluding tert-OH is 1. The number of methoxy groups -OCH3 is 2. The normalized spacial score (nSPS) is 12.3. The molecule has 0 amide bonds. The second-order valence-electron chi connectivity index (χ2n) is 3.33. The second-order valence-corrected chi connectivity index (χ2v) is 3.33. The number of halogens is 1. The maximum Gasteiger partial charge on any atom is 0.125 e. The molecule has 5 heteroatoms. The van der Waals surface area contributed by atoms with E-state index in [0.29, 0.717) is 22.6 Å². The summed E-state index contributed by atoms with van der Waals surface area (Å²) in [6, 6.07) is 2.55. The van der Waals surface area contributed by atoms with Crippen LogP contribution in [0.25, 0.3) is 0 Å². The summed E-state index contributed by atoms with van der Waals surface area (Å²) in [5, 5.41) is 9.00. The van der Waals surface area contributed by atoms with Crippen LogP contribution in [0.15, 0.2) is 12.1 Å². The van der Waals surface area contributed by atoms with E-state index in [-0.39, 0.29) is 6.61 Å². The minimum atomic E-state index is -0.645. The molecular weight excluding hydrogens is 213 g/mol. The number of ether oxygens (including phenoxy) is 2. The van der Waals surface area contributed by atoms with Gasteiger partial charge in [-0.05, 0) is 12.1 Å². The second kappa shape index (κ2) is 5.67. The van der Waals surface area contributed by atoms with Gasteiger partial charge in [0.25, 0.3) is 0 Å². The highest BCUT2D eigenvalue weighted by Crippen LogP contribution is 2.32. The van der Waals surface area contributed by atoms with Gasteiger partial charge in [-0.1, -0.05) is 0 Å². The zero-order chi connectivity index (χ0) is 12.1. The third-order valence-corrected chi connectivity index (χ3v) is 2.37. The van der Waals surface area contributed by atoms with Gasteiger partial charge in [-0.15, -0.1) is 0 Å². The van der Waals surface area contributed by atoms with E-state index in [9.17, 15) is 4.39 Å². The van der Waals surface area contributed by atoms with Gasteiger partial charge in [-0.25, -0.2) is 4.39 Å². The van der Waals surface area contributed by atoms with Crippen molar-refractivity contribution in [3.8, 4) is 11.5 Å². The zero-order valence-corrected chi connectivity index (χ0v) is 9.37. The highest BCUT2D eigenvalue weighted by Gasteiger charge is 2.15. The fourth-order valence-corrected chi connectivity index (χ4v) is 1.48. The maximum absolute atomic E-state index is 12.7. The monoisotopic (exact) mass is 229 g/mol. The number of nitrogens with two attached hydrogens (primary N) is 1. The van der Waals surface area contributed by atoms with E-state index in [1.165, 1.54) is 20.3 Å². The molecule has 1 unspecified atom stereocenters. The molecule has 0 aromatic heterocycles. The van der Waals surface area contributed by atoms with E-state index in [4.69, 9.17) is 20.3 Å². The minimum Gasteiger partial charge on any atom is -0.496 e. The molecule has 0 aliphatic rings. The molecule has 0 radical (unpaired) electrons. The van der Waals surface area contributed by atoms with Crippen molar-refractivity contribution >= 4 is 0 Å². The topological polar surface area (TPSA) is 64.7 Å². The molecule has 0 aliphatic heterocycles. The summed E-state index contributed by atoms with van der Waals surface area (Å²) in [4.78, 5) is 0. The van der Waals surface area contributed by atoms with E-state index < -0.39 is 12.7 Å². The van der Waals surface area contributed by atoms with Gasteiger partial charge in [0, 0.05) is 11.1 Å². The first-order valence-corrected chi connectivity index (χ1v) is 4.85. The zero-order valence-electron chi connectivity index (χ0n) is 9.37. The lowest BCUT2D eigenvalue weighted by Crippen LogP contribution is -2.16. The van der Waals surface area contributed by atoms with Crippen molar-refractivity contribution in [3.05, 3.63) is 23.3 Å². The van der Waals surface area contributed by atoms with Crippen molar-refractivity contribution in [2.45, 2.75) is 12.7 Å². The standard InChI is InChI=1S/C11H16FNO3/c1-15-10-4-8(9(13)6-14)11(16-2)3-7(10)5-12/h3-4,9,14H,5-6,13H2,1-2H3. The van der Waals surface area contributed by atoms with Crippen LogP contribution in [0.5, 0.6) is 11.5 Å². The smallest absolute Gasteiger partial charge is 0.125 e. The Morgan fingerprint density at radius 1 is 1.31 bits per heavy atom. The van der Waals surface area contributed by atoms with E-state index in [1.807, 2.05) is 0 Å². The molecule has 0 saturated carbocycles. The molecule has 1 rings (SSSR count). The summed E-state index contributed by atoms with van der Waals surface area (Å²) >= 11 is 0. The van der Waals surface area contributed by atoms with Crippen LogP contribution in [0.3, 0.4) is 0 Å². The predicted octanol–water partition coefficient (Wildman–Crippen LogP) is 1.17. The molecule has 0 aliphatic carbocycles. The first-order valence-electron chi connectivity index (χ1n) is 4.85. The molecule has 0 bridgehead atoms. The summed E-state index contributed by atoms with van der Waals surface area (Å²) < 4.78 is 22.8. The molecule has 1 aromatic carbocycles. The maximum atomic E-state index is 12.7. The first-order chi connectivity index (χ1) is 7.67. The molecule has 90 valence electrons. The van der Waals surface area contributed by atoms with Crippen molar-refractivity contribution < 1.29 is 19.0 Å². The van der Waals surface area contributed by atoms with E-state index >= 15 is 0 Å². The van der Waals surface area contributed by atoms with Crippen LogP contribution in [-0.2, 0) is 6.67 Å². The fraction of sp³-hybridized carbons (Fsp3) is 0.455. The van der Waals surface area contributed by atoms with Crippen molar-refractivity contribution in [2.24, 2.45) is 5.73 Å². The number of hydrogen-bond donors (Lipinski definition) is 2. The van der Waals surface area contributed by atoms with Gasteiger partial charge >= 0.3 is 0 Å². The molecular formula is C11H16FNO3. The van der Waals surface area contributed by atoms with E-state index in [1.54, 1.807) is 6.07 Å². The summed E-state index contributed by atoms with van der Waals surface area (Å²) in [7, 11) is 2.92. The lowest BCUT2D eigenvalue weighted by molar-refractivity contribution is 0.264. The Bertz CT molecular complexity index is 357. The Hall–Kier alpha value is -1.33. The quantitative estimate of drug-likeness (QED) is 0.795. The summed E-state index contributed by atoms with van der Waals surface area (Å²) in [5.41, 5.74) is 6.70. The Labute approximate surface area is 93.8 Å². The number of benzene rings is 1. The summed E-state index contributed by atoms with van der Waals surface area (Å²) in [6.45, 7) is -0.858. The Kier molecular flexibility index (Phi) is 4.52. The third-order valence-electron chi connectivity index (χ3n) is 2.37. The van der Waals surface area contributed by atoms with Crippen LogP contribution in [0, 0.1) is 0 Å². The van der Waals surface area contributed by atoms with Gasteiger partial charge in [0.15, 0.2) is 0 Å². The van der Waals surface area contributed by atoms with Gasteiger partial charge in [0.1, 0.15) is 18.2 Å². The van der Waals surface area contributed by atoms with E-state index in [0.717, 1.165) is 0 Å². The van der Waals surface area contributed by atoms with Crippen LogP contribution in [0.2, 0.25) is 0 Å². The summed E-state index contributed by atoms with van der Waals surface area (Å²) in [6.07, 6.45) is 0.